The van der Waals surface area contributed by atoms with Gasteiger partial charge in [-0.2, -0.15) is 0 Å². The number of unbranched alkanes of at least 4 members (excludes halogenated alkanes) is 5. The monoisotopic (exact) mass is 339 g/mol. The van der Waals surface area contributed by atoms with Gasteiger partial charge >= 0.3 is 5.97 Å². The lowest BCUT2D eigenvalue weighted by Crippen LogP contribution is -2.35. The quantitative estimate of drug-likeness (QED) is 0.345. The van der Waals surface area contributed by atoms with Crippen molar-refractivity contribution in [1.29, 1.82) is 0 Å². The van der Waals surface area contributed by atoms with Crippen LogP contribution < -0.4 is 5.32 Å². The van der Waals surface area contributed by atoms with E-state index in [2.05, 4.69) is 26.5 Å². The Labute approximate surface area is 146 Å². The zero-order valence-electron chi connectivity index (χ0n) is 16.0. The molecule has 1 atom stereocenters. The standard InChI is InChI=1S/C19H34N2O3/c1-19(2)14-15(19)17(22)20-16(18(23)24)12-10-8-6-7-9-11-13-21(3,4)5/h12,15H,6-11,13-14H2,1-5H3,(H-,20,22,23,24)/p+1/b16-12-. The highest BCUT2D eigenvalue weighted by atomic mass is 16.4. The maximum absolute atomic E-state index is 12.0. The molecule has 1 unspecified atom stereocenters. The predicted octanol–water partition coefficient (Wildman–Crippen LogP) is 3.16. The van der Waals surface area contributed by atoms with Crippen LogP contribution in [0.25, 0.3) is 0 Å². The van der Waals surface area contributed by atoms with Gasteiger partial charge in [-0.25, -0.2) is 4.79 Å². The van der Waals surface area contributed by atoms with E-state index in [0.717, 1.165) is 23.7 Å². The molecule has 0 bridgehead atoms. The van der Waals surface area contributed by atoms with Crippen molar-refractivity contribution >= 4 is 11.9 Å². The summed E-state index contributed by atoms with van der Waals surface area (Å²) in [5.74, 6) is -1.26. The number of hydrogen-bond donors (Lipinski definition) is 2. The number of rotatable bonds is 11. The number of nitrogens with one attached hydrogen (secondary N) is 1. The van der Waals surface area contributed by atoms with E-state index in [1.54, 1.807) is 6.08 Å². The van der Waals surface area contributed by atoms with E-state index < -0.39 is 5.97 Å². The molecule has 1 amide bonds. The van der Waals surface area contributed by atoms with Gasteiger partial charge in [0.15, 0.2) is 0 Å². The largest absolute Gasteiger partial charge is 0.477 e. The van der Waals surface area contributed by atoms with Crippen molar-refractivity contribution in [1.82, 2.24) is 5.32 Å². The summed E-state index contributed by atoms with van der Waals surface area (Å²) in [5.41, 5.74) is 0.0483. The minimum absolute atomic E-state index is 0.0134. The van der Waals surface area contributed by atoms with Gasteiger partial charge in [-0.1, -0.05) is 32.8 Å². The molecule has 0 aliphatic heterocycles. The lowest BCUT2D eigenvalue weighted by Gasteiger charge is -2.23. The second kappa shape index (κ2) is 8.65. The van der Waals surface area contributed by atoms with Crippen LogP contribution in [0, 0.1) is 11.3 Å². The zero-order chi connectivity index (χ0) is 18.4. The summed E-state index contributed by atoms with van der Waals surface area (Å²) in [7, 11) is 6.61. The van der Waals surface area contributed by atoms with Gasteiger partial charge in [-0.05, 0) is 37.5 Å². The van der Waals surface area contributed by atoms with Crippen molar-refractivity contribution in [2.24, 2.45) is 11.3 Å². The molecule has 1 aliphatic rings. The highest BCUT2D eigenvalue weighted by Crippen LogP contribution is 2.51. The van der Waals surface area contributed by atoms with E-state index >= 15 is 0 Å². The van der Waals surface area contributed by atoms with E-state index in [1.165, 1.54) is 25.8 Å². The third-order valence-electron chi connectivity index (χ3n) is 4.70. The molecule has 1 aliphatic carbocycles. The van der Waals surface area contributed by atoms with Gasteiger partial charge in [0, 0.05) is 5.92 Å². The van der Waals surface area contributed by atoms with Crippen molar-refractivity contribution in [2.75, 3.05) is 27.7 Å². The van der Waals surface area contributed by atoms with Crippen LogP contribution in [0.3, 0.4) is 0 Å². The zero-order valence-corrected chi connectivity index (χ0v) is 16.0. The van der Waals surface area contributed by atoms with Gasteiger partial charge in [-0.3, -0.25) is 4.79 Å². The molecule has 5 nitrogen and oxygen atoms in total. The van der Waals surface area contributed by atoms with Crippen LogP contribution in [0.4, 0.5) is 0 Å². The number of nitrogens with zero attached hydrogens (tertiary/aromatic N) is 1. The Morgan fingerprint density at radius 2 is 1.67 bits per heavy atom. The molecule has 138 valence electrons. The fourth-order valence-corrected chi connectivity index (χ4v) is 2.83. The second-order valence-electron chi connectivity index (χ2n) is 8.73. The van der Waals surface area contributed by atoms with Crippen LogP contribution in [0.5, 0.6) is 0 Å². The normalized spacial score (nSPS) is 19.9. The van der Waals surface area contributed by atoms with Crippen LogP contribution >= 0.6 is 0 Å². The summed E-state index contributed by atoms with van der Waals surface area (Å²) in [6.07, 6.45) is 8.88. The molecule has 1 saturated carbocycles. The van der Waals surface area contributed by atoms with E-state index in [4.69, 9.17) is 0 Å². The highest BCUT2D eigenvalue weighted by Gasteiger charge is 2.50. The SMILES string of the molecule is CC1(C)CC1C(=O)N/C(=C\CCCCCCC[N+](C)(C)C)C(=O)O. The van der Waals surface area contributed by atoms with E-state index in [1.807, 2.05) is 13.8 Å². The predicted molar refractivity (Wildman–Crippen MR) is 96.4 cm³/mol. The first kappa shape index (κ1) is 20.7. The van der Waals surface area contributed by atoms with Gasteiger partial charge < -0.3 is 14.9 Å². The molecule has 0 heterocycles. The molecule has 5 heteroatoms. The third-order valence-corrected chi connectivity index (χ3v) is 4.70. The first-order chi connectivity index (χ1) is 11.0. The van der Waals surface area contributed by atoms with Crippen molar-refractivity contribution in [2.45, 2.75) is 58.8 Å². The number of carboxylic acid groups (broad SMARTS) is 1. The van der Waals surface area contributed by atoms with Crippen molar-refractivity contribution < 1.29 is 19.2 Å². The minimum Gasteiger partial charge on any atom is -0.477 e. The van der Waals surface area contributed by atoms with Gasteiger partial charge in [0.25, 0.3) is 0 Å². The fraction of sp³-hybridized carbons (Fsp3) is 0.789. The Balaban J connectivity index is 2.22. The van der Waals surface area contributed by atoms with Crippen LogP contribution in [-0.2, 0) is 9.59 Å². The Morgan fingerprint density at radius 3 is 2.17 bits per heavy atom. The topological polar surface area (TPSA) is 66.4 Å². The number of amides is 1. The van der Waals surface area contributed by atoms with E-state index in [-0.39, 0.29) is 22.9 Å². The average Bonchev–Trinajstić information content (AvgIpc) is 3.07. The summed E-state index contributed by atoms with van der Waals surface area (Å²) in [4.78, 5) is 23.3. The first-order valence-electron chi connectivity index (χ1n) is 9.08. The Hall–Kier alpha value is -1.36. The summed E-state index contributed by atoms with van der Waals surface area (Å²) >= 11 is 0. The molecule has 0 spiro atoms. The molecule has 0 aromatic carbocycles. The number of quaternary nitrogens is 1. The summed E-state index contributed by atoms with van der Waals surface area (Å²) in [6, 6.07) is 0. The summed E-state index contributed by atoms with van der Waals surface area (Å²) in [5, 5.41) is 11.8. The van der Waals surface area contributed by atoms with Gasteiger partial charge in [0.1, 0.15) is 5.70 Å². The number of carbonyl (C=O) groups is 2. The molecular weight excluding hydrogens is 304 g/mol. The number of carboxylic acids is 1. The minimum atomic E-state index is -1.05. The van der Waals surface area contributed by atoms with Crippen LogP contribution in [-0.4, -0.2) is 49.2 Å². The molecule has 0 saturated heterocycles. The molecule has 1 fully saturated rings. The van der Waals surface area contributed by atoms with Crippen molar-refractivity contribution in [3.8, 4) is 0 Å². The molecular formula is C19H35N2O3+. The molecule has 2 N–H and O–H groups in total. The second-order valence-corrected chi connectivity index (χ2v) is 8.73. The number of allylic oxidation sites excluding steroid dienone is 1. The van der Waals surface area contributed by atoms with Crippen molar-refractivity contribution in [3.63, 3.8) is 0 Å². The smallest absolute Gasteiger partial charge is 0.352 e. The number of carbonyl (C=O) groups excluding carboxylic acids is 1. The molecule has 0 aromatic heterocycles. The van der Waals surface area contributed by atoms with E-state index in [9.17, 15) is 14.7 Å². The van der Waals surface area contributed by atoms with E-state index in [0.29, 0.717) is 6.42 Å². The summed E-state index contributed by atoms with van der Waals surface area (Å²) < 4.78 is 1.00. The van der Waals surface area contributed by atoms with Gasteiger partial charge in [-0.15, -0.1) is 0 Å². The van der Waals surface area contributed by atoms with Gasteiger partial charge in [0.2, 0.25) is 5.91 Å². The Bertz CT molecular complexity index is 475. The molecule has 0 aromatic rings. The van der Waals surface area contributed by atoms with Crippen LogP contribution in [0.15, 0.2) is 11.8 Å². The lowest BCUT2D eigenvalue weighted by atomic mass is 10.1. The van der Waals surface area contributed by atoms with Gasteiger partial charge in [0.05, 0.1) is 27.7 Å². The van der Waals surface area contributed by atoms with Crippen LogP contribution in [0.1, 0.15) is 58.8 Å². The van der Waals surface area contributed by atoms with Crippen molar-refractivity contribution in [3.05, 3.63) is 11.8 Å². The molecule has 0 radical (unpaired) electrons. The maximum Gasteiger partial charge on any atom is 0.352 e. The third kappa shape index (κ3) is 7.95. The maximum atomic E-state index is 12.0. The lowest BCUT2D eigenvalue weighted by molar-refractivity contribution is -0.870. The Morgan fingerprint density at radius 1 is 1.12 bits per heavy atom. The van der Waals surface area contributed by atoms with Crippen LogP contribution in [0.2, 0.25) is 0 Å². The molecule has 1 rings (SSSR count). The highest BCUT2D eigenvalue weighted by molar-refractivity contribution is 5.94. The fourth-order valence-electron chi connectivity index (χ4n) is 2.83. The number of hydrogen-bond acceptors (Lipinski definition) is 2. The molecule has 24 heavy (non-hydrogen) atoms. The average molecular weight is 340 g/mol. The Kier molecular flexibility index (Phi) is 7.46. The summed E-state index contributed by atoms with van der Waals surface area (Å²) in [6.45, 7) is 5.24. The first-order valence-corrected chi connectivity index (χ1v) is 9.08. The number of aliphatic carboxylic acids is 1.